The lowest BCUT2D eigenvalue weighted by atomic mass is 10.1. The van der Waals surface area contributed by atoms with Gasteiger partial charge in [-0.25, -0.2) is 4.68 Å². The Bertz CT molecular complexity index is 1210. The highest BCUT2D eigenvalue weighted by Crippen LogP contribution is 2.19. The van der Waals surface area contributed by atoms with Gasteiger partial charge in [-0.1, -0.05) is 47.5 Å². The summed E-state index contributed by atoms with van der Waals surface area (Å²) in [5, 5.41) is 11.5. The minimum Gasteiger partial charge on any atom is -0.471 e. The number of ether oxygens (including phenoxy) is 1. The first-order chi connectivity index (χ1) is 15.0. The van der Waals surface area contributed by atoms with E-state index in [9.17, 15) is 4.79 Å². The van der Waals surface area contributed by atoms with Crippen molar-refractivity contribution < 1.29 is 9.53 Å². The average molecular weight is 415 g/mol. The highest BCUT2D eigenvalue weighted by atomic mass is 16.5. The number of carbonyl (C=O) groups is 1. The summed E-state index contributed by atoms with van der Waals surface area (Å²) in [6, 6.07) is 15.9. The first kappa shape index (κ1) is 20.4. The molecule has 0 bridgehead atoms. The molecule has 0 spiro atoms. The Morgan fingerprint density at radius 2 is 1.87 bits per heavy atom. The third-order valence-corrected chi connectivity index (χ3v) is 4.87. The van der Waals surface area contributed by atoms with E-state index in [2.05, 4.69) is 46.7 Å². The van der Waals surface area contributed by atoms with Gasteiger partial charge in [0.2, 0.25) is 0 Å². The zero-order valence-corrected chi connectivity index (χ0v) is 17.9. The van der Waals surface area contributed by atoms with Gasteiger partial charge in [0.1, 0.15) is 5.75 Å². The first-order valence-corrected chi connectivity index (χ1v) is 10.1. The number of hydrogen-bond donors (Lipinski definition) is 1. The van der Waals surface area contributed by atoms with E-state index in [4.69, 9.17) is 4.74 Å². The van der Waals surface area contributed by atoms with Gasteiger partial charge in [0.25, 0.3) is 5.91 Å². The summed E-state index contributed by atoms with van der Waals surface area (Å²) in [4.78, 5) is 12.5. The zero-order chi connectivity index (χ0) is 21.8. The van der Waals surface area contributed by atoms with Gasteiger partial charge in [0.05, 0.1) is 18.4 Å². The fraction of sp³-hybridized carbons (Fsp3) is 0.208. The van der Waals surface area contributed by atoms with Gasteiger partial charge >= 0.3 is 0 Å². The van der Waals surface area contributed by atoms with Crippen LogP contribution in [0.2, 0.25) is 0 Å². The molecule has 158 valence electrons. The third kappa shape index (κ3) is 5.19. The lowest BCUT2D eigenvalue weighted by molar-refractivity contribution is 0.102. The van der Waals surface area contributed by atoms with Gasteiger partial charge < -0.3 is 10.1 Å². The lowest BCUT2D eigenvalue weighted by Gasteiger charge is -2.09. The maximum Gasteiger partial charge on any atom is 0.276 e. The highest BCUT2D eigenvalue weighted by Gasteiger charge is 2.12. The van der Waals surface area contributed by atoms with Crippen molar-refractivity contribution in [3.8, 4) is 5.75 Å². The van der Waals surface area contributed by atoms with Crippen LogP contribution in [-0.4, -0.2) is 25.5 Å². The molecule has 0 aliphatic heterocycles. The fourth-order valence-corrected chi connectivity index (χ4v) is 3.36. The maximum absolute atomic E-state index is 12.5. The molecule has 7 heteroatoms. The molecule has 0 aliphatic rings. The van der Waals surface area contributed by atoms with Gasteiger partial charge in [0, 0.05) is 12.4 Å². The van der Waals surface area contributed by atoms with E-state index < -0.39 is 0 Å². The van der Waals surface area contributed by atoms with Crippen molar-refractivity contribution in [3.05, 3.63) is 95.1 Å². The van der Waals surface area contributed by atoms with Crippen LogP contribution in [0.1, 0.15) is 32.7 Å². The second-order valence-electron chi connectivity index (χ2n) is 7.65. The molecule has 2 aromatic heterocycles. The van der Waals surface area contributed by atoms with Crippen molar-refractivity contribution in [3.63, 3.8) is 0 Å². The van der Waals surface area contributed by atoms with E-state index >= 15 is 0 Å². The molecular weight excluding hydrogens is 390 g/mol. The summed E-state index contributed by atoms with van der Waals surface area (Å²) in [6.45, 7) is 6.98. The van der Waals surface area contributed by atoms with Gasteiger partial charge in [-0.3, -0.25) is 9.48 Å². The summed E-state index contributed by atoms with van der Waals surface area (Å²) >= 11 is 0. The van der Waals surface area contributed by atoms with Gasteiger partial charge in [-0.2, -0.15) is 10.2 Å². The largest absolute Gasteiger partial charge is 0.471 e. The second kappa shape index (κ2) is 8.87. The smallest absolute Gasteiger partial charge is 0.276 e. The first-order valence-electron chi connectivity index (χ1n) is 10.1. The summed E-state index contributed by atoms with van der Waals surface area (Å²) < 4.78 is 9.20. The highest BCUT2D eigenvalue weighted by molar-refractivity contribution is 6.02. The van der Waals surface area contributed by atoms with Crippen LogP contribution in [0.5, 0.6) is 5.75 Å². The quantitative estimate of drug-likeness (QED) is 0.487. The molecule has 2 heterocycles. The number of benzene rings is 2. The maximum atomic E-state index is 12.5. The molecule has 4 rings (SSSR count). The number of rotatable bonds is 7. The summed E-state index contributed by atoms with van der Waals surface area (Å²) in [5.74, 6) is 0.508. The molecule has 0 fully saturated rings. The minimum atomic E-state index is -0.291. The van der Waals surface area contributed by atoms with Crippen molar-refractivity contribution in [2.45, 2.75) is 34.0 Å². The Morgan fingerprint density at radius 3 is 2.68 bits per heavy atom. The number of anilines is 1. The summed E-state index contributed by atoms with van der Waals surface area (Å²) in [5.41, 5.74) is 5.55. The number of nitrogens with zero attached hydrogens (tertiary/aromatic N) is 4. The zero-order valence-electron chi connectivity index (χ0n) is 17.9. The molecule has 0 aliphatic carbocycles. The molecule has 7 nitrogen and oxygen atoms in total. The standard InChI is InChI=1S/C24H25N5O2/c1-17-5-4-6-20(12-17)14-29-15-21(13-25-29)26-24(30)22-9-10-28(27-22)16-31-23-8-7-18(2)11-19(23)3/h4-13,15H,14,16H2,1-3H3,(H,26,30). The monoisotopic (exact) mass is 415 g/mol. The van der Waals surface area contributed by atoms with Crippen LogP contribution in [0.4, 0.5) is 5.69 Å². The predicted octanol–water partition coefficient (Wildman–Crippen LogP) is 4.34. The van der Waals surface area contributed by atoms with E-state index in [-0.39, 0.29) is 12.6 Å². The Morgan fingerprint density at radius 1 is 1.03 bits per heavy atom. The number of hydrogen-bond acceptors (Lipinski definition) is 4. The van der Waals surface area contributed by atoms with E-state index in [0.29, 0.717) is 17.9 Å². The molecule has 31 heavy (non-hydrogen) atoms. The van der Waals surface area contributed by atoms with E-state index in [1.54, 1.807) is 34.0 Å². The summed E-state index contributed by atoms with van der Waals surface area (Å²) in [6.07, 6.45) is 5.16. The number of aryl methyl sites for hydroxylation is 3. The SMILES string of the molecule is Cc1cccc(Cn2cc(NC(=O)c3ccn(COc4ccc(C)cc4C)n3)cn2)c1. The molecule has 1 amide bonds. The van der Waals surface area contributed by atoms with Crippen molar-refractivity contribution >= 4 is 11.6 Å². The molecule has 0 radical (unpaired) electrons. The van der Waals surface area contributed by atoms with Crippen LogP contribution >= 0.6 is 0 Å². The number of carbonyl (C=O) groups excluding carboxylic acids is 1. The molecule has 2 aromatic carbocycles. The molecule has 0 saturated heterocycles. The van der Waals surface area contributed by atoms with Crippen LogP contribution < -0.4 is 10.1 Å². The van der Waals surface area contributed by atoms with E-state index in [0.717, 1.165) is 16.9 Å². The average Bonchev–Trinajstić information content (AvgIpc) is 3.37. The Hall–Kier alpha value is -3.87. The fourth-order valence-electron chi connectivity index (χ4n) is 3.36. The number of nitrogens with one attached hydrogen (secondary N) is 1. The summed E-state index contributed by atoms with van der Waals surface area (Å²) in [7, 11) is 0. The Balaban J connectivity index is 1.34. The molecule has 4 aromatic rings. The van der Waals surface area contributed by atoms with E-state index in [1.165, 1.54) is 11.1 Å². The minimum absolute atomic E-state index is 0.228. The van der Waals surface area contributed by atoms with Crippen LogP contribution in [0.15, 0.2) is 67.1 Å². The molecule has 1 N–H and O–H groups in total. The topological polar surface area (TPSA) is 74.0 Å². The van der Waals surface area contributed by atoms with Gasteiger partial charge in [0.15, 0.2) is 12.4 Å². The van der Waals surface area contributed by atoms with E-state index in [1.807, 2.05) is 32.0 Å². The number of aromatic nitrogens is 4. The van der Waals surface area contributed by atoms with Crippen LogP contribution in [-0.2, 0) is 13.3 Å². The lowest BCUT2D eigenvalue weighted by Crippen LogP contribution is -2.14. The molecule has 0 saturated carbocycles. The van der Waals surface area contributed by atoms with Crippen LogP contribution in [0.3, 0.4) is 0 Å². The molecule has 0 unspecified atom stereocenters. The van der Waals surface area contributed by atoms with Crippen molar-refractivity contribution in [2.24, 2.45) is 0 Å². The molecule has 0 atom stereocenters. The van der Waals surface area contributed by atoms with Crippen molar-refractivity contribution in [1.29, 1.82) is 0 Å². The predicted molar refractivity (Wildman–Crippen MR) is 119 cm³/mol. The van der Waals surface area contributed by atoms with Crippen molar-refractivity contribution in [2.75, 3.05) is 5.32 Å². The Labute approximate surface area is 181 Å². The molecular formula is C24H25N5O2. The second-order valence-corrected chi connectivity index (χ2v) is 7.65. The Kier molecular flexibility index (Phi) is 5.84. The van der Waals surface area contributed by atoms with Crippen LogP contribution in [0, 0.1) is 20.8 Å². The third-order valence-electron chi connectivity index (χ3n) is 4.87. The number of amides is 1. The van der Waals surface area contributed by atoms with Gasteiger partial charge in [-0.05, 0) is 44.0 Å². The normalized spacial score (nSPS) is 10.8. The van der Waals surface area contributed by atoms with Gasteiger partial charge in [-0.15, -0.1) is 0 Å². The van der Waals surface area contributed by atoms with Crippen molar-refractivity contribution in [1.82, 2.24) is 19.6 Å². The van der Waals surface area contributed by atoms with Crippen LogP contribution in [0.25, 0.3) is 0 Å².